The molecule has 0 unspecified atom stereocenters. The maximum atomic E-state index is 12.3. The fourth-order valence-corrected chi connectivity index (χ4v) is 2.81. The van der Waals surface area contributed by atoms with Crippen LogP contribution in [0, 0.1) is 0 Å². The largest absolute Gasteiger partial charge is 0.496 e. The SMILES string of the molecule is COC(=O)c1ccc2c(c1)C[C@H](CNC(=O)c1ccccc1OC)O2. The highest BCUT2D eigenvalue weighted by Crippen LogP contribution is 2.29. The average molecular weight is 341 g/mol. The standard InChI is InChI=1S/C19H19NO5/c1-23-17-6-4-3-5-15(17)18(21)20-11-14-10-13-9-12(19(22)24-2)7-8-16(13)25-14/h3-9,14H,10-11H2,1-2H3,(H,20,21)/t14-/m1/s1. The Morgan fingerprint density at radius 2 is 2.00 bits per heavy atom. The molecule has 2 aromatic carbocycles. The summed E-state index contributed by atoms with van der Waals surface area (Å²) in [4.78, 5) is 23.9. The number of fused-ring (bicyclic) bond motifs is 1. The monoisotopic (exact) mass is 341 g/mol. The van der Waals surface area contributed by atoms with Gasteiger partial charge in [0.15, 0.2) is 0 Å². The molecule has 0 saturated carbocycles. The van der Waals surface area contributed by atoms with Crippen LogP contribution in [0.5, 0.6) is 11.5 Å². The number of esters is 1. The molecule has 6 heteroatoms. The van der Waals surface area contributed by atoms with Crippen molar-refractivity contribution < 1.29 is 23.8 Å². The van der Waals surface area contributed by atoms with Crippen molar-refractivity contribution in [3.63, 3.8) is 0 Å². The van der Waals surface area contributed by atoms with Crippen molar-refractivity contribution in [2.75, 3.05) is 20.8 Å². The lowest BCUT2D eigenvalue weighted by molar-refractivity contribution is 0.0600. The first-order valence-corrected chi connectivity index (χ1v) is 7.91. The van der Waals surface area contributed by atoms with E-state index in [1.165, 1.54) is 14.2 Å². The van der Waals surface area contributed by atoms with Gasteiger partial charge in [-0.05, 0) is 35.9 Å². The van der Waals surface area contributed by atoms with Crippen molar-refractivity contribution in [2.45, 2.75) is 12.5 Å². The first-order valence-electron chi connectivity index (χ1n) is 7.91. The molecule has 1 N–H and O–H groups in total. The Kier molecular flexibility index (Phi) is 4.88. The van der Waals surface area contributed by atoms with Gasteiger partial charge in [0.2, 0.25) is 0 Å². The molecule has 0 bridgehead atoms. The third-order valence-corrected chi connectivity index (χ3v) is 4.06. The fourth-order valence-electron chi connectivity index (χ4n) is 2.81. The van der Waals surface area contributed by atoms with Crippen LogP contribution in [-0.2, 0) is 11.2 Å². The van der Waals surface area contributed by atoms with Gasteiger partial charge in [0.25, 0.3) is 5.91 Å². The van der Waals surface area contributed by atoms with Crippen molar-refractivity contribution in [2.24, 2.45) is 0 Å². The van der Waals surface area contributed by atoms with Crippen LogP contribution >= 0.6 is 0 Å². The number of amides is 1. The van der Waals surface area contributed by atoms with Gasteiger partial charge in [-0.2, -0.15) is 0 Å². The van der Waals surface area contributed by atoms with E-state index >= 15 is 0 Å². The molecule has 0 aromatic heterocycles. The predicted molar refractivity (Wildman–Crippen MR) is 91.2 cm³/mol. The van der Waals surface area contributed by atoms with E-state index in [0.717, 1.165) is 11.3 Å². The Morgan fingerprint density at radius 3 is 2.76 bits per heavy atom. The van der Waals surface area contributed by atoms with Crippen LogP contribution < -0.4 is 14.8 Å². The smallest absolute Gasteiger partial charge is 0.337 e. The molecule has 1 amide bonds. The summed E-state index contributed by atoms with van der Waals surface area (Å²) in [6, 6.07) is 12.2. The number of methoxy groups -OCH3 is 2. The van der Waals surface area contributed by atoms with Gasteiger partial charge in [-0.25, -0.2) is 4.79 Å². The molecule has 0 radical (unpaired) electrons. The van der Waals surface area contributed by atoms with Gasteiger partial charge in [0.05, 0.1) is 31.9 Å². The normalized spacial score (nSPS) is 15.0. The van der Waals surface area contributed by atoms with E-state index in [1.807, 2.05) is 6.07 Å². The molecule has 1 aliphatic heterocycles. The highest BCUT2D eigenvalue weighted by atomic mass is 16.5. The lowest BCUT2D eigenvalue weighted by Gasteiger charge is -2.13. The van der Waals surface area contributed by atoms with Crippen LogP contribution in [0.2, 0.25) is 0 Å². The molecule has 0 fully saturated rings. The summed E-state index contributed by atoms with van der Waals surface area (Å²) in [7, 11) is 2.88. The van der Waals surface area contributed by atoms with E-state index in [4.69, 9.17) is 14.2 Å². The molecule has 130 valence electrons. The molecule has 0 saturated heterocycles. The van der Waals surface area contributed by atoms with E-state index in [1.54, 1.807) is 36.4 Å². The molecule has 0 aliphatic carbocycles. The maximum absolute atomic E-state index is 12.3. The quantitative estimate of drug-likeness (QED) is 0.844. The zero-order chi connectivity index (χ0) is 17.8. The highest BCUT2D eigenvalue weighted by Gasteiger charge is 2.25. The summed E-state index contributed by atoms with van der Waals surface area (Å²) in [5.41, 5.74) is 1.90. The van der Waals surface area contributed by atoms with Gasteiger partial charge in [0, 0.05) is 6.42 Å². The van der Waals surface area contributed by atoms with E-state index in [9.17, 15) is 9.59 Å². The van der Waals surface area contributed by atoms with Crippen LogP contribution in [0.25, 0.3) is 0 Å². The molecule has 2 aromatic rings. The molecule has 0 spiro atoms. The molecule has 6 nitrogen and oxygen atoms in total. The predicted octanol–water partition coefficient (Wildman–Crippen LogP) is 2.22. The van der Waals surface area contributed by atoms with Crippen LogP contribution in [-0.4, -0.2) is 38.7 Å². The van der Waals surface area contributed by atoms with E-state index in [0.29, 0.717) is 29.8 Å². The van der Waals surface area contributed by atoms with Crippen LogP contribution in [0.1, 0.15) is 26.3 Å². The van der Waals surface area contributed by atoms with Gasteiger partial charge < -0.3 is 19.5 Å². The number of carbonyl (C=O) groups excluding carboxylic acids is 2. The van der Waals surface area contributed by atoms with E-state index < -0.39 is 0 Å². The molecule has 1 atom stereocenters. The second kappa shape index (κ2) is 7.25. The highest BCUT2D eigenvalue weighted by molar-refractivity contribution is 5.96. The zero-order valence-corrected chi connectivity index (χ0v) is 14.1. The van der Waals surface area contributed by atoms with Crippen LogP contribution in [0.15, 0.2) is 42.5 Å². The van der Waals surface area contributed by atoms with Crippen molar-refractivity contribution in [1.82, 2.24) is 5.32 Å². The molecular weight excluding hydrogens is 322 g/mol. The van der Waals surface area contributed by atoms with Gasteiger partial charge in [-0.15, -0.1) is 0 Å². The maximum Gasteiger partial charge on any atom is 0.337 e. The number of hydrogen-bond acceptors (Lipinski definition) is 5. The minimum Gasteiger partial charge on any atom is -0.496 e. The number of benzene rings is 2. The fraction of sp³-hybridized carbons (Fsp3) is 0.263. The number of rotatable bonds is 5. The van der Waals surface area contributed by atoms with Gasteiger partial charge >= 0.3 is 5.97 Å². The number of para-hydroxylation sites is 1. The first-order chi connectivity index (χ1) is 12.1. The van der Waals surface area contributed by atoms with Crippen LogP contribution in [0.4, 0.5) is 0 Å². The number of nitrogens with one attached hydrogen (secondary N) is 1. The summed E-state index contributed by atoms with van der Waals surface area (Å²) >= 11 is 0. The van der Waals surface area contributed by atoms with E-state index in [-0.39, 0.29) is 18.0 Å². The number of carbonyl (C=O) groups is 2. The van der Waals surface area contributed by atoms with Gasteiger partial charge in [-0.3, -0.25) is 4.79 Å². The first kappa shape index (κ1) is 16.8. The van der Waals surface area contributed by atoms with Crippen molar-refractivity contribution in [3.8, 4) is 11.5 Å². The average Bonchev–Trinajstić information content (AvgIpc) is 3.07. The zero-order valence-electron chi connectivity index (χ0n) is 14.1. The third kappa shape index (κ3) is 3.57. The van der Waals surface area contributed by atoms with Crippen molar-refractivity contribution >= 4 is 11.9 Å². The molecule has 1 heterocycles. The Balaban J connectivity index is 1.62. The number of ether oxygens (including phenoxy) is 3. The Labute approximate surface area is 145 Å². The topological polar surface area (TPSA) is 73.9 Å². The summed E-state index contributed by atoms with van der Waals surface area (Å²) in [6.45, 7) is 0.360. The van der Waals surface area contributed by atoms with Crippen molar-refractivity contribution in [3.05, 3.63) is 59.2 Å². The molecule has 3 rings (SSSR count). The third-order valence-electron chi connectivity index (χ3n) is 4.06. The lowest BCUT2D eigenvalue weighted by Crippen LogP contribution is -2.34. The molecule has 25 heavy (non-hydrogen) atoms. The molecule has 1 aliphatic rings. The van der Waals surface area contributed by atoms with Crippen LogP contribution in [0.3, 0.4) is 0 Å². The van der Waals surface area contributed by atoms with Gasteiger partial charge in [0.1, 0.15) is 17.6 Å². The Morgan fingerprint density at radius 1 is 1.20 bits per heavy atom. The molecular formula is C19H19NO5. The summed E-state index contributed by atoms with van der Waals surface area (Å²) in [5, 5.41) is 2.86. The summed E-state index contributed by atoms with van der Waals surface area (Å²) in [5.74, 6) is 0.658. The van der Waals surface area contributed by atoms with Crippen molar-refractivity contribution in [1.29, 1.82) is 0 Å². The lowest BCUT2D eigenvalue weighted by atomic mass is 10.1. The summed E-state index contributed by atoms with van der Waals surface area (Å²) in [6.07, 6.45) is 0.438. The van der Waals surface area contributed by atoms with E-state index in [2.05, 4.69) is 5.32 Å². The minimum atomic E-state index is -0.379. The second-order valence-electron chi connectivity index (χ2n) is 5.67. The summed E-state index contributed by atoms with van der Waals surface area (Å²) < 4.78 is 15.7. The Hall–Kier alpha value is -3.02. The Bertz CT molecular complexity index is 802. The second-order valence-corrected chi connectivity index (χ2v) is 5.67. The minimum absolute atomic E-state index is 0.179. The number of hydrogen-bond donors (Lipinski definition) is 1. The van der Waals surface area contributed by atoms with Gasteiger partial charge in [-0.1, -0.05) is 12.1 Å².